The fourth-order valence-electron chi connectivity index (χ4n) is 2.99. The Morgan fingerprint density at radius 3 is 2.61 bits per heavy atom. The van der Waals surface area contributed by atoms with Crippen LogP contribution in [0.2, 0.25) is 0 Å². The van der Waals surface area contributed by atoms with Crippen molar-refractivity contribution < 1.29 is 17.9 Å². The molecule has 0 N–H and O–H groups in total. The highest BCUT2D eigenvalue weighted by Gasteiger charge is 2.31. The molecule has 0 aliphatic heterocycles. The van der Waals surface area contributed by atoms with E-state index in [-0.39, 0.29) is 12.2 Å². The van der Waals surface area contributed by atoms with Crippen LogP contribution in [0.1, 0.15) is 22.8 Å². The van der Waals surface area contributed by atoms with E-state index in [0.29, 0.717) is 16.3 Å². The topological polar surface area (TPSA) is 70.1 Å². The first-order chi connectivity index (χ1) is 13.2. The van der Waals surface area contributed by atoms with E-state index in [1.165, 1.54) is 29.5 Å². The number of alkyl halides is 3. The maximum Gasteiger partial charge on any atom is 0.573 e. The third-order valence-electron chi connectivity index (χ3n) is 4.27. The molecule has 4 rings (SSSR count). The molecule has 0 amide bonds. The fourth-order valence-corrected chi connectivity index (χ4v) is 3.99. The van der Waals surface area contributed by atoms with Crippen LogP contribution in [0.3, 0.4) is 0 Å². The minimum atomic E-state index is -4.73. The lowest BCUT2D eigenvalue weighted by Gasteiger charge is -2.09. The maximum absolute atomic E-state index is 12.4. The Morgan fingerprint density at radius 2 is 1.93 bits per heavy atom. The third-order valence-corrected chi connectivity index (χ3v) is 5.19. The highest BCUT2D eigenvalue weighted by Crippen LogP contribution is 2.31. The summed E-state index contributed by atoms with van der Waals surface area (Å²) in [7, 11) is 1.87. The van der Waals surface area contributed by atoms with Crippen LogP contribution in [0.5, 0.6) is 5.75 Å². The van der Waals surface area contributed by atoms with E-state index < -0.39 is 6.36 Å². The predicted octanol–water partition coefficient (Wildman–Crippen LogP) is 3.69. The first-order valence-electron chi connectivity index (χ1n) is 8.27. The normalized spacial score (nSPS) is 12.1. The number of nitrogens with zero attached hydrogens (tertiary/aromatic N) is 6. The van der Waals surface area contributed by atoms with E-state index in [2.05, 4.69) is 25.1 Å². The van der Waals surface area contributed by atoms with Gasteiger partial charge in [0.1, 0.15) is 5.75 Å². The summed E-state index contributed by atoms with van der Waals surface area (Å²) in [6.45, 7) is 3.88. The SMILES string of the molecule is Cc1nn(C)c(C)c1-c1nn2c(Cc3cccc(OC(F)(F)F)c3)nnc2s1. The van der Waals surface area contributed by atoms with Gasteiger partial charge in [0.05, 0.1) is 11.3 Å². The van der Waals surface area contributed by atoms with Gasteiger partial charge in [-0.05, 0) is 31.5 Å². The summed E-state index contributed by atoms with van der Waals surface area (Å²) in [4.78, 5) is 0.607. The molecule has 3 heterocycles. The van der Waals surface area contributed by atoms with Crippen molar-refractivity contribution in [2.75, 3.05) is 0 Å². The zero-order valence-electron chi connectivity index (χ0n) is 15.2. The van der Waals surface area contributed by atoms with Crippen molar-refractivity contribution in [3.63, 3.8) is 0 Å². The van der Waals surface area contributed by atoms with Crippen LogP contribution in [-0.4, -0.2) is 36.0 Å². The summed E-state index contributed by atoms with van der Waals surface area (Å²) in [6, 6.07) is 5.79. The van der Waals surface area contributed by atoms with Crippen molar-refractivity contribution in [3.8, 4) is 16.3 Å². The van der Waals surface area contributed by atoms with E-state index in [4.69, 9.17) is 0 Å². The summed E-state index contributed by atoms with van der Waals surface area (Å²) in [5.41, 5.74) is 3.41. The van der Waals surface area contributed by atoms with Gasteiger partial charge in [0.2, 0.25) is 4.96 Å². The Labute approximate surface area is 161 Å². The first kappa shape index (κ1) is 18.4. The van der Waals surface area contributed by atoms with E-state index in [9.17, 15) is 13.2 Å². The molecular weight excluding hydrogens is 393 g/mol. The number of halogens is 3. The van der Waals surface area contributed by atoms with E-state index in [1.54, 1.807) is 15.3 Å². The van der Waals surface area contributed by atoms with Crippen LogP contribution in [0.4, 0.5) is 13.2 Å². The van der Waals surface area contributed by atoms with Crippen LogP contribution in [0.15, 0.2) is 24.3 Å². The number of rotatable bonds is 4. The molecule has 0 fully saturated rings. The van der Waals surface area contributed by atoms with Crippen LogP contribution >= 0.6 is 11.3 Å². The van der Waals surface area contributed by atoms with Crippen molar-refractivity contribution >= 4 is 16.3 Å². The second-order valence-corrected chi connectivity index (χ2v) is 7.22. The van der Waals surface area contributed by atoms with Gasteiger partial charge >= 0.3 is 6.36 Å². The average Bonchev–Trinajstić information content (AvgIpc) is 3.22. The summed E-state index contributed by atoms with van der Waals surface area (Å²) < 4.78 is 44.7. The zero-order chi connectivity index (χ0) is 20.1. The molecule has 1 aromatic carbocycles. The van der Waals surface area contributed by atoms with Gasteiger partial charge in [0.15, 0.2) is 10.8 Å². The molecule has 0 radical (unpaired) electrons. The number of hydrogen-bond acceptors (Lipinski definition) is 6. The molecule has 0 unspecified atom stereocenters. The van der Waals surface area contributed by atoms with Crippen LogP contribution in [0, 0.1) is 13.8 Å². The Hall–Kier alpha value is -2.95. The quantitative estimate of drug-likeness (QED) is 0.515. The van der Waals surface area contributed by atoms with Gasteiger partial charge in [-0.3, -0.25) is 4.68 Å². The van der Waals surface area contributed by atoms with Crippen molar-refractivity contribution in [1.29, 1.82) is 0 Å². The largest absolute Gasteiger partial charge is 0.573 e. The molecule has 11 heteroatoms. The molecule has 4 aromatic rings. The standard InChI is InChI=1S/C17H15F3N6OS/c1-9-14(10(2)25(3)23-9)15-24-26-13(21-22-16(26)28-15)8-11-5-4-6-12(7-11)27-17(18,19)20/h4-7H,8H2,1-3H3. The molecule has 28 heavy (non-hydrogen) atoms. The molecule has 3 aromatic heterocycles. The molecule has 0 aliphatic rings. The minimum Gasteiger partial charge on any atom is -0.406 e. The van der Waals surface area contributed by atoms with Crippen LogP contribution in [-0.2, 0) is 13.5 Å². The Bertz CT molecular complexity index is 1160. The lowest BCUT2D eigenvalue weighted by atomic mass is 10.1. The van der Waals surface area contributed by atoms with Gasteiger partial charge in [-0.1, -0.05) is 23.5 Å². The molecule has 0 bridgehead atoms. The molecule has 7 nitrogen and oxygen atoms in total. The second kappa shape index (κ2) is 6.59. The van der Waals surface area contributed by atoms with Crippen molar-refractivity contribution in [2.45, 2.75) is 26.6 Å². The van der Waals surface area contributed by atoms with Gasteiger partial charge in [-0.25, -0.2) is 0 Å². The van der Waals surface area contributed by atoms with E-state index in [0.717, 1.165) is 22.0 Å². The predicted molar refractivity (Wildman–Crippen MR) is 96.3 cm³/mol. The molecule has 0 saturated heterocycles. The molecule has 0 aliphatic carbocycles. The summed E-state index contributed by atoms with van der Waals surface area (Å²) in [6.07, 6.45) is -4.46. The number of fused-ring (bicyclic) bond motifs is 1. The van der Waals surface area contributed by atoms with Crippen LogP contribution in [0.25, 0.3) is 15.5 Å². The highest BCUT2D eigenvalue weighted by molar-refractivity contribution is 7.19. The average molecular weight is 408 g/mol. The number of benzene rings is 1. The van der Waals surface area contributed by atoms with Gasteiger partial charge in [-0.2, -0.15) is 14.7 Å². The summed E-state index contributed by atoms with van der Waals surface area (Å²) in [5.74, 6) is 0.257. The van der Waals surface area contributed by atoms with Crippen molar-refractivity contribution in [1.82, 2.24) is 29.6 Å². The zero-order valence-corrected chi connectivity index (χ0v) is 16.0. The van der Waals surface area contributed by atoms with Gasteiger partial charge in [0.25, 0.3) is 0 Å². The molecule has 0 atom stereocenters. The minimum absolute atomic E-state index is 0.268. The van der Waals surface area contributed by atoms with Crippen LogP contribution < -0.4 is 4.74 Å². The smallest absolute Gasteiger partial charge is 0.406 e. The lowest BCUT2D eigenvalue weighted by molar-refractivity contribution is -0.274. The molecule has 146 valence electrons. The second-order valence-electron chi connectivity index (χ2n) is 6.26. The Morgan fingerprint density at radius 1 is 1.14 bits per heavy atom. The molecular formula is C17H15F3N6OS. The maximum atomic E-state index is 12.4. The molecule has 0 saturated carbocycles. The first-order valence-corrected chi connectivity index (χ1v) is 9.09. The number of aromatic nitrogens is 6. The van der Waals surface area contributed by atoms with Gasteiger partial charge < -0.3 is 4.74 Å². The highest BCUT2D eigenvalue weighted by atomic mass is 32.1. The Kier molecular flexibility index (Phi) is 4.33. The number of hydrogen-bond donors (Lipinski definition) is 0. The number of ether oxygens (including phenoxy) is 1. The van der Waals surface area contributed by atoms with Crippen molar-refractivity contribution in [2.24, 2.45) is 7.05 Å². The van der Waals surface area contributed by atoms with Gasteiger partial charge in [0, 0.05) is 19.2 Å². The third kappa shape index (κ3) is 3.44. The monoisotopic (exact) mass is 408 g/mol. The van der Waals surface area contributed by atoms with E-state index in [1.807, 2.05) is 20.9 Å². The Balaban J connectivity index is 1.66. The summed E-state index contributed by atoms with van der Waals surface area (Å²) in [5, 5.41) is 18.0. The van der Waals surface area contributed by atoms with E-state index >= 15 is 0 Å². The van der Waals surface area contributed by atoms with Crippen molar-refractivity contribution in [3.05, 3.63) is 47.0 Å². The molecule has 0 spiro atoms. The lowest BCUT2D eigenvalue weighted by Crippen LogP contribution is -2.17. The number of aryl methyl sites for hydroxylation is 2. The summed E-state index contributed by atoms with van der Waals surface area (Å²) >= 11 is 1.39. The van der Waals surface area contributed by atoms with Gasteiger partial charge in [-0.15, -0.1) is 23.4 Å². The fraction of sp³-hybridized carbons (Fsp3) is 0.294.